The fourth-order valence-electron chi connectivity index (χ4n) is 2.49. The van der Waals surface area contributed by atoms with Gasteiger partial charge >= 0.3 is 0 Å². The Morgan fingerprint density at radius 3 is 3.05 bits per heavy atom. The number of benzene rings is 1. The Morgan fingerprint density at radius 1 is 1.40 bits per heavy atom. The molecule has 0 aliphatic carbocycles. The van der Waals surface area contributed by atoms with Crippen molar-refractivity contribution >= 4 is 11.6 Å². The summed E-state index contributed by atoms with van der Waals surface area (Å²) < 4.78 is 7.30. The van der Waals surface area contributed by atoms with Gasteiger partial charge in [-0.25, -0.2) is 4.98 Å². The van der Waals surface area contributed by atoms with Crippen molar-refractivity contribution in [3.05, 3.63) is 40.9 Å². The smallest absolute Gasteiger partial charge is 0.176 e. The highest BCUT2D eigenvalue weighted by molar-refractivity contribution is 6.32. The highest BCUT2D eigenvalue weighted by Crippen LogP contribution is 2.35. The molecule has 106 valence electrons. The second-order valence-corrected chi connectivity index (χ2v) is 5.28. The fraction of sp³-hybridized carbons (Fsp3) is 0.357. The summed E-state index contributed by atoms with van der Waals surface area (Å²) in [5.74, 6) is 1.48. The van der Waals surface area contributed by atoms with E-state index in [0.29, 0.717) is 10.8 Å². The second-order valence-electron chi connectivity index (χ2n) is 4.88. The average Bonchev–Trinajstić information content (AvgIpc) is 2.90. The molecule has 5 nitrogen and oxygen atoms in total. The third-order valence-electron chi connectivity index (χ3n) is 3.54. The zero-order chi connectivity index (χ0) is 14.1. The number of ether oxygens (including phenoxy) is 1. The van der Waals surface area contributed by atoms with Gasteiger partial charge in [-0.3, -0.25) is 4.90 Å². The maximum Gasteiger partial charge on any atom is 0.176 e. The molecule has 1 aliphatic rings. The van der Waals surface area contributed by atoms with Gasteiger partial charge in [0.05, 0.1) is 18.7 Å². The molecule has 0 saturated heterocycles. The van der Waals surface area contributed by atoms with E-state index in [2.05, 4.69) is 14.5 Å². The van der Waals surface area contributed by atoms with Gasteiger partial charge in [-0.05, 0) is 17.7 Å². The van der Waals surface area contributed by atoms with E-state index in [1.807, 2.05) is 18.5 Å². The van der Waals surface area contributed by atoms with Crippen LogP contribution in [0.3, 0.4) is 0 Å². The van der Waals surface area contributed by atoms with Crippen LogP contribution in [0.1, 0.15) is 11.4 Å². The zero-order valence-corrected chi connectivity index (χ0v) is 12.0. The Bertz CT molecular complexity index is 627. The summed E-state index contributed by atoms with van der Waals surface area (Å²) in [6.45, 7) is 3.47. The summed E-state index contributed by atoms with van der Waals surface area (Å²) in [6, 6.07) is 3.60. The number of fused-ring (bicyclic) bond motifs is 1. The number of aromatic nitrogens is 2. The normalized spacial score (nSPS) is 15.1. The number of hydrogen-bond acceptors (Lipinski definition) is 4. The van der Waals surface area contributed by atoms with Crippen molar-refractivity contribution in [1.29, 1.82) is 0 Å². The van der Waals surface area contributed by atoms with E-state index in [-0.39, 0.29) is 5.75 Å². The van der Waals surface area contributed by atoms with Crippen LogP contribution in [0.5, 0.6) is 11.5 Å². The molecule has 0 bridgehead atoms. The Balaban J connectivity index is 1.77. The SMILES string of the molecule is COc1cc(CN2CCn3ccnc3C2)cc(Cl)c1O. The number of phenols is 1. The van der Waals surface area contributed by atoms with Crippen molar-refractivity contribution in [2.24, 2.45) is 0 Å². The van der Waals surface area contributed by atoms with Crippen molar-refractivity contribution in [2.75, 3.05) is 13.7 Å². The van der Waals surface area contributed by atoms with Gasteiger partial charge in [0.2, 0.25) is 0 Å². The maximum atomic E-state index is 9.75. The van der Waals surface area contributed by atoms with Crippen molar-refractivity contribution in [3.8, 4) is 11.5 Å². The van der Waals surface area contributed by atoms with Gasteiger partial charge in [0, 0.05) is 32.0 Å². The summed E-state index contributed by atoms with van der Waals surface area (Å²) in [4.78, 5) is 6.64. The van der Waals surface area contributed by atoms with Gasteiger partial charge < -0.3 is 14.4 Å². The van der Waals surface area contributed by atoms with Gasteiger partial charge in [0.15, 0.2) is 11.5 Å². The second kappa shape index (κ2) is 5.34. The van der Waals surface area contributed by atoms with Crippen LogP contribution < -0.4 is 4.74 Å². The number of rotatable bonds is 3. The summed E-state index contributed by atoms with van der Waals surface area (Å²) >= 11 is 6.01. The van der Waals surface area contributed by atoms with E-state index in [4.69, 9.17) is 16.3 Å². The molecule has 0 saturated carbocycles. The minimum atomic E-state index is -0.00731. The molecule has 1 aliphatic heterocycles. The molecular formula is C14H16ClN3O2. The van der Waals surface area contributed by atoms with Gasteiger partial charge in [0.25, 0.3) is 0 Å². The van der Waals surface area contributed by atoms with Crippen LogP contribution in [0.15, 0.2) is 24.5 Å². The van der Waals surface area contributed by atoms with Crippen LogP contribution >= 0.6 is 11.6 Å². The van der Waals surface area contributed by atoms with Gasteiger partial charge in [0.1, 0.15) is 5.82 Å². The van der Waals surface area contributed by atoms with Crippen LogP contribution in [0, 0.1) is 0 Å². The van der Waals surface area contributed by atoms with Gasteiger partial charge in [-0.2, -0.15) is 0 Å². The van der Waals surface area contributed by atoms with Crippen LogP contribution in [0.2, 0.25) is 5.02 Å². The lowest BCUT2D eigenvalue weighted by Crippen LogP contribution is -2.33. The zero-order valence-electron chi connectivity index (χ0n) is 11.2. The largest absolute Gasteiger partial charge is 0.503 e. The Labute approximate surface area is 122 Å². The molecule has 0 radical (unpaired) electrons. The number of imidazole rings is 1. The summed E-state index contributed by atoms with van der Waals surface area (Å²) in [7, 11) is 1.52. The number of phenolic OH excluding ortho intramolecular Hbond substituents is 1. The Morgan fingerprint density at radius 2 is 2.25 bits per heavy atom. The quantitative estimate of drug-likeness (QED) is 0.943. The summed E-state index contributed by atoms with van der Waals surface area (Å²) in [5.41, 5.74) is 1.02. The van der Waals surface area contributed by atoms with Crippen LogP contribution in [-0.4, -0.2) is 33.2 Å². The predicted octanol–water partition coefficient (Wildman–Crippen LogP) is 2.27. The molecule has 6 heteroatoms. The number of methoxy groups -OCH3 is 1. The van der Waals surface area contributed by atoms with E-state index >= 15 is 0 Å². The summed E-state index contributed by atoms with van der Waals surface area (Å²) in [6.07, 6.45) is 3.84. The highest BCUT2D eigenvalue weighted by atomic mass is 35.5. The Kier molecular flexibility index (Phi) is 3.54. The lowest BCUT2D eigenvalue weighted by Gasteiger charge is -2.27. The topological polar surface area (TPSA) is 50.5 Å². The van der Waals surface area contributed by atoms with Crippen molar-refractivity contribution in [1.82, 2.24) is 14.5 Å². The molecule has 3 rings (SSSR count). The molecule has 1 aromatic heterocycles. The van der Waals surface area contributed by atoms with E-state index in [0.717, 1.165) is 37.6 Å². The number of hydrogen-bond donors (Lipinski definition) is 1. The fourth-order valence-corrected chi connectivity index (χ4v) is 2.72. The van der Waals surface area contributed by atoms with Crippen LogP contribution in [0.25, 0.3) is 0 Å². The minimum absolute atomic E-state index is 0.00731. The average molecular weight is 294 g/mol. The lowest BCUT2D eigenvalue weighted by atomic mass is 10.1. The first kappa shape index (κ1) is 13.3. The molecule has 0 fully saturated rings. The molecular weight excluding hydrogens is 278 g/mol. The Hall–Kier alpha value is -1.72. The number of nitrogens with zero attached hydrogens (tertiary/aromatic N) is 3. The standard InChI is InChI=1S/C14H16ClN3O2/c1-20-12-7-10(6-11(15)14(12)19)8-17-4-5-18-3-2-16-13(18)9-17/h2-3,6-7,19H,4-5,8-9H2,1H3. The van der Waals surface area contributed by atoms with Crippen molar-refractivity contribution in [2.45, 2.75) is 19.6 Å². The number of halogens is 1. The maximum absolute atomic E-state index is 9.75. The summed E-state index contributed by atoms with van der Waals surface area (Å²) in [5, 5.41) is 10.1. The molecule has 0 unspecified atom stereocenters. The van der Waals surface area contributed by atoms with E-state index < -0.39 is 0 Å². The highest BCUT2D eigenvalue weighted by Gasteiger charge is 2.18. The van der Waals surface area contributed by atoms with E-state index in [9.17, 15) is 5.11 Å². The van der Waals surface area contributed by atoms with Crippen molar-refractivity contribution < 1.29 is 9.84 Å². The number of aromatic hydroxyl groups is 1. The van der Waals surface area contributed by atoms with Gasteiger partial charge in [-0.1, -0.05) is 11.6 Å². The third kappa shape index (κ3) is 2.46. The van der Waals surface area contributed by atoms with Gasteiger partial charge in [-0.15, -0.1) is 0 Å². The molecule has 0 spiro atoms. The van der Waals surface area contributed by atoms with Crippen LogP contribution in [0.4, 0.5) is 0 Å². The third-order valence-corrected chi connectivity index (χ3v) is 3.83. The molecule has 0 atom stereocenters. The lowest BCUT2D eigenvalue weighted by molar-refractivity contribution is 0.208. The first-order valence-corrected chi connectivity index (χ1v) is 6.83. The monoisotopic (exact) mass is 293 g/mol. The molecule has 20 heavy (non-hydrogen) atoms. The predicted molar refractivity (Wildman–Crippen MR) is 76.0 cm³/mol. The first-order chi connectivity index (χ1) is 9.67. The molecule has 2 heterocycles. The molecule has 0 amide bonds. The molecule has 2 aromatic rings. The van der Waals surface area contributed by atoms with Crippen molar-refractivity contribution in [3.63, 3.8) is 0 Å². The minimum Gasteiger partial charge on any atom is -0.503 e. The molecule has 1 N–H and O–H groups in total. The van der Waals surface area contributed by atoms with E-state index in [1.165, 1.54) is 7.11 Å². The first-order valence-electron chi connectivity index (χ1n) is 6.45. The van der Waals surface area contributed by atoms with E-state index in [1.54, 1.807) is 6.07 Å². The molecule has 1 aromatic carbocycles. The van der Waals surface area contributed by atoms with Crippen LogP contribution in [-0.2, 0) is 19.6 Å².